The van der Waals surface area contributed by atoms with Crippen LogP contribution in [0.3, 0.4) is 0 Å². The summed E-state index contributed by atoms with van der Waals surface area (Å²) >= 11 is 0. The van der Waals surface area contributed by atoms with E-state index in [1.807, 2.05) is 49.5 Å². The molecule has 2 aromatic heterocycles. The van der Waals surface area contributed by atoms with Crippen LogP contribution in [0.2, 0.25) is 0 Å². The average molecular weight is 399 g/mol. The molecule has 0 fully saturated rings. The number of nitrogens with zero attached hydrogens (tertiary/aromatic N) is 2. The van der Waals surface area contributed by atoms with Gasteiger partial charge in [-0.25, -0.2) is 9.97 Å². The summed E-state index contributed by atoms with van der Waals surface area (Å²) in [7, 11) is 0. The number of anilines is 2. The van der Waals surface area contributed by atoms with E-state index < -0.39 is 0 Å². The van der Waals surface area contributed by atoms with Crippen LogP contribution in [0.25, 0.3) is 10.9 Å². The van der Waals surface area contributed by atoms with Gasteiger partial charge < -0.3 is 15.6 Å². The third kappa shape index (κ3) is 4.33. The largest absolute Gasteiger partial charge is 0.361 e. The number of H-pyrrole nitrogens is 1. The van der Waals surface area contributed by atoms with Gasteiger partial charge in [0.15, 0.2) is 0 Å². The lowest BCUT2D eigenvalue weighted by Crippen LogP contribution is -2.27. The third-order valence-electron chi connectivity index (χ3n) is 5.09. The molecule has 0 radical (unpaired) electrons. The van der Waals surface area contributed by atoms with Crippen LogP contribution in [0.1, 0.15) is 34.2 Å². The summed E-state index contributed by atoms with van der Waals surface area (Å²) in [4.78, 5) is 24.8. The van der Waals surface area contributed by atoms with E-state index in [1.54, 1.807) is 6.07 Å². The average Bonchev–Trinajstić information content (AvgIpc) is 3.17. The molecule has 0 aliphatic carbocycles. The highest BCUT2D eigenvalue weighted by Gasteiger charge is 2.12. The topological polar surface area (TPSA) is 82.7 Å². The second-order valence-corrected chi connectivity index (χ2v) is 7.22. The van der Waals surface area contributed by atoms with Gasteiger partial charge in [-0.1, -0.05) is 43.3 Å². The first-order chi connectivity index (χ1) is 14.6. The van der Waals surface area contributed by atoms with E-state index in [0.29, 0.717) is 18.2 Å². The van der Waals surface area contributed by atoms with E-state index in [0.717, 1.165) is 29.7 Å². The lowest BCUT2D eigenvalue weighted by Gasteiger charge is -2.11. The fourth-order valence-corrected chi connectivity index (χ4v) is 3.55. The molecule has 2 heterocycles. The smallest absolute Gasteiger partial charge is 0.270 e. The van der Waals surface area contributed by atoms with E-state index >= 15 is 0 Å². The van der Waals surface area contributed by atoms with E-state index in [9.17, 15) is 4.79 Å². The van der Waals surface area contributed by atoms with Crippen molar-refractivity contribution in [2.75, 3.05) is 11.9 Å². The van der Waals surface area contributed by atoms with Crippen molar-refractivity contribution in [2.45, 2.75) is 26.7 Å². The van der Waals surface area contributed by atoms with Crippen molar-refractivity contribution in [3.63, 3.8) is 0 Å². The Labute approximate surface area is 175 Å². The summed E-state index contributed by atoms with van der Waals surface area (Å²) in [5.74, 6) is 0.227. The summed E-state index contributed by atoms with van der Waals surface area (Å²) in [6.07, 6.45) is 3.64. The fraction of sp³-hybridized carbons (Fsp3) is 0.208. The van der Waals surface area contributed by atoms with Gasteiger partial charge >= 0.3 is 0 Å². The minimum Gasteiger partial charge on any atom is -0.361 e. The Kier molecular flexibility index (Phi) is 5.75. The second-order valence-electron chi connectivity index (χ2n) is 7.22. The summed E-state index contributed by atoms with van der Waals surface area (Å²) in [5, 5.41) is 7.41. The molecule has 4 aromatic rings. The van der Waals surface area contributed by atoms with Crippen LogP contribution in [0, 0.1) is 6.92 Å². The monoisotopic (exact) mass is 399 g/mol. The quantitative estimate of drug-likeness (QED) is 0.426. The van der Waals surface area contributed by atoms with Gasteiger partial charge in [0.05, 0.1) is 0 Å². The standard InChI is InChI=1S/C24H25N5O/c1-3-17-8-4-6-10-20(17)28-24-27-16(2)14-22(29-24)23(30)25-13-12-18-15-26-21-11-7-5-9-19(18)21/h4-11,14-15,26H,3,12-13H2,1-2H3,(H,25,30)(H,27,28,29). The number of aromatic nitrogens is 3. The zero-order chi connectivity index (χ0) is 20.9. The number of aromatic amines is 1. The van der Waals surface area contributed by atoms with Crippen LogP contribution in [-0.4, -0.2) is 27.4 Å². The molecular formula is C24H25N5O. The molecule has 152 valence electrons. The Hall–Kier alpha value is -3.67. The van der Waals surface area contributed by atoms with Gasteiger partial charge in [-0.3, -0.25) is 4.79 Å². The number of nitrogens with one attached hydrogen (secondary N) is 3. The highest BCUT2D eigenvalue weighted by Crippen LogP contribution is 2.20. The lowest BCUT2D eigenvalue weighted by molar-refractivity contribution is 0.0949. The lowest BCUT2D eigenvalue weighted by atomic mass is 10.1. The predicted molar refractivity (Wildman–Crippen MR) is 120 cm³/mol. The molecule has 30 heavy (non-hydrogen) atoms. The van der Waals surface area contributed by atoms with Crippen molar-refractivity contribution in [3.8, 4) is 0 Å². The van der Waals surface area contributed by atoms with Gasteiger partial charge in [-0.15, -0.1) is 0 Å². The van der Waals surface area contributed by atoms with Gasteiger partial charge in [-0.05, 0) is 49.1 Å². The number of amides is 1. The van der Waals surface area contributed by atoms with Gasteiger partial charge in [0.25, 0.3) is 5.91 Å². The van der Waals surface area contributed by atoms with Crippen LogP contribution in [-0.2, 0) is 12.8 Å². The van der Waals surface area contributed by atoms with E-state index in [1.165, 1.54) is 16.5 Å². The molecule has 0 saturated carbocycles. The fourth-order valence-electron chi connectivity index (χ4n) is 3.55. The Morgan fingerprint density at radius 1 is 1.03 bits per heavy atom. The predicted octanol–water partition coefficient (Wildman–Crippen LogP) is 4.54. The van der Waals surface area contributed by atoms with Crippen LogP contribution in [0.4, 0.5) is 11.6 Å². The number of para-hydroxylation sites is 2. The zero-order valence-corrected chi connectivity index (χ0v) is 17.2. The molecule has 1 amide bonds. The van der Waals surface area contributed by atoms with Crippen molar-refractivity contribution >= 4 is 28.4 Å². The number of carbonyl (C=O) groups is 1. The van der Waals surface area contributed by atoms with Gasteiger partial charge in [-0.2, -0.15) is 0 Å². The number of carbonyl (C=O) groups excluding carboxylic acids is 1. The molecule has 3 N–H and O–H groups in total. The first kappa shape index (κ1) is 19.6. The van der Waals surface area contributed by atoms with Crippen LogP contribution < -0.4 is 10.6 Å². The maximum atomic E-state index is 12.7. The number of hydrogen-bond donors (Lipinski definition) is 3. The highest BCUT2D eigenvalue weighted by atomic mass is 16.1. The minimum atomic E-state index is -0.202. The molecule has 0 spiro atoms. The molecule has 2 aromatic carbocycles. The van der Waals surface area contributed by atoms with Crippen molar-refractivity contribution < 1.29 is 4.79 Å². The number of benzene rings is 2. The van der Waals surface area contributed by atoms with Crippen molar-refractivity contribution in [1.29, 1.82) is 0 Å². The molecule has 0 aliphatic rings. The number of hydrogen-bond acceptors (Lipinski definition) is 4. The molecule has 6 heteroatoms. The molecule has 0 bridgehead atoms. The first-order valence-corrected chi connectivity index (χ1v) is 10.2. The van der Waals surface area contributed by atoms with Gasteiger partial charge in [0.2, 0.25) is 5.95 Å². The Morgan fingerprint density at radius 3 is 2.70 bits per heavy atom. The van der Waals surface area contributed by atoms with Crippen molar-refractivity contribution in [1.82, 2.24) is 20.3 Å². The van der Waals surface area contributed by atoms with E-state index in [4.69, 9.17) is 0 Å². The minimum absolute atomic E-state index is 0.202. The summed E-state index contributed by atoms with van der Waals surface area (Å²) in [6.45, 7) is 4.50. The van der Waals surface area contributed by atoms with Crippen LogP contribution in [0.5, 0.6) is 0 Å². The second kappa shape index (κ2) is 8.78. The molecule has 0 atom stereocenters. The zero-order valence-electron chi connectivity index (χ0n) is 17.2. The van der Waals surface area contributed by atoms with Gasteiger partial charge in [0, 0.05) is 35.0 Å². The van der Waals surface area contributed by atoms with Crippen LogP contribution in [0.15, 0.2) is 60.8 Å². The molecule has 0 saturated heterocycles. The highest BCUT2D eigenvalue weighted by molar-refractivity contribution is 5.92. The maximum Gasteiger partial charge on any atom is 0.270 e. The molecule has 0 unspecified atom stereocenters. The van der Waals surface area contributed by atoms with Crippen LogP contribution >= 0.6 is 0 Å². The summed E-state index contributed by atoms with van der Waals surface area (Å²) in [6, 6.07) is 17.9. The Morgan fingerprint density at radius 2 is 1.83 bits per heavy atom. The van der Waals surface area contributed by atoms with Gasteiger partial charge in [0.1, 0.15) is 5.69 Å². The first-order valence-electron chi connectivity index (χ1n) is 10.2. The number of aryl methyl sites for hydroxylation is 2. The molecule has 0 aliphatic heterocycles. The molecular weight excluding hydrogens is 374 g/mol. The number of fused-ring (bicyclic) bond motifs is 1. The Bertz CT molecular complexity index is 1180. The van der Waals surface area contributed by atoms with Crippen molar-refractivity contribution in [2.24, 2.45) is 0 Å². The van der Waals surface area contributed by atoms with E-state index in [-0.39, 0.29) is 5.91 Å². The summed E-state index contributed by atoms with van der Waals surface area (Å²) < 4.78 is 0. The maximum absolute atomic E-state index is 12.7. The SMILES string of the molecule is CCc1ccccc1Nc1nc(C)cc(C(=O)NCCc2c[nH]c3ccccc23)n1. The Balaban J connectivity index is 1.43. The summed E-state index contributed by atoms with van der Waals surface area (Å²) in [5.41, 5.74) is 5.52. The third-order valence-corrected chi connectivity index (χ3v) is 5.09. The normalized spacial score (nSPS) is 10.9. The molecule has 6 nitrogen and oxygen atoms in total. The van der Waals surface area contributed by atoms with E-state index in [2.05, 4.69) is 44.6 Å². The van der Waals surface area contributed by atoms with Crippen molar-refractivity contribution in [3.05, 3.63) is 83.3 Å². The number of rotatable bonds is 7. The molecule has 4 rings (SSSR count).